The lowest BCUT2D eigenvalue weighted by atomic mass is 9.93. The Bertz CT molecular complexity index is 816. The first-order valence-corrected chi connectivity index (χ1v) is 11.2. The summed E-state index contributed by atoms with van der Waals surface area (Å²) in [6, 6.07) is 4.32. The number of hydrogen-bond acceptors (Lipinski definition) is 6. The Hall–Kier alpha value is -1.99. The van der Waals surface area contributed by atoms with Crippen LogP contribution >= 0.6 is 11.3 Å². The maximum atomic E-state index is 11.3. The Morgan fingerprint density at radius 3 is 2.72 bits per heavy atom. The number of nitrogens with zero attached hydrogens (tertiary/aromatic N) is 3. The van der Waals surface area contributed by atoms with Crippen LogP contribution in [-0.2, 0) is 4.79 Å². The van der Waals surface area contributed by atoms with Crippen LogP contribution in [0.15, 0.2) is 18.3 Å². The first kappa shape index (κ1) is 21.7. The Labute approximate surface area is 177 Å². The molecule has 3 heterocycles. The largest absolute Gasteiger partial charge is 0.493 e. The van der Waals surface area contributed by atoms with Crippen molar-refractivity contribution in [3.63, 3.8) is 0 Å². The van der Waals surface area contributed by atoms with E-state index in [1.807, 2.05) is 32.2 Å². The lowest BCUT2D eigenvalue weighted by Gasteiger charge is -2.39. The van der Waals surface area contributed by atoms with Crippen LogP contribution in [-0.4, -0.2) is 40.5 Å². The molecule has 2 aromatic heterocycles. The molecule has 0 radical (unpaired) electrons. The van der Waals surface area contributed by atoms with Crippen molar-refractivity contribution in [3.05, 3.63) is 34.6 Å². The minimum Gasteiger partial charge on any atom is -0.493 e. The van der Waals surface area contributed by atoms with Gasteiger partial charge in [-0.25, -0.2) is 4.98 Å². The van der Waals surface area contributed by atoms with Crippen molar-refractivity contribution < 1.29 is 9.53 Å². The molecule has 2 atom stereocenters. The molecule has 1 aliphatic rings. The van der Waals surface area contributed by atoms with Crippen molar-refractivity contribution in [3.8, 4) is 5.75 Å². The lowest BCUT2D eigenvalue weighted by molar-refractivity contribution is -0.114. The number of anilines is 1. The monoisotopic (exact) mass is 416 g/mol. The Balaban J connectivity index is 1.65. The Kier molecular flexibility index (Phi) is 7.24. The number of nitrogens with one attached hydrogen (secondary N) is 1. The quantitative estimate of drug-likeness (QED) is 0.714. The number of pyridine rings is 1. The normalized spacial score (nSPS) is 18.6. The maximum absolute atomic E-state index is 11.3. The summed E-state index contributed by atoms with van der Waals surface area (Å²) in [6.45, 7) is 12.8. The second-order valence-corrected chi connectivity index (χ2v) is 9.40. The molecule has 29 heavy (non-hydrogen) atoms. The van der Waals surface area contributed by atoms with Gasteiger partial charge in [-0.1, -0.05) is 13.8 Å². The van der Waals surface area contributed by atoms with Crippen LogP contribution in [0.1, 0.15) is 55.9 Å². The Morgan fingerprint density at radius 1 is 1.34 bits per heavy atom. The molecule has 0 bridgehead atoms. The van der Waals surface area contributed by atoms with E-state index >= 15 is 0 Å². The molecule has 3 rings (SSSR count). The van der Waals surface area contributed by atoms with Crippen molar-refractivity contribution in [1.29, 1.82) is 0 Å². The molecule has 158 valence electrons. The van der Waals surface area contributed by atoms with Gasteiger partial charge in [-0.2, -0.15) is 0 Å². The van der Waals surface area contributed by atoms with Gasteiger partial charge < -0.3 is 10.1 Å². The van der Waals surface area contributed by atoms with E-state index in [4.69, 9.17) is 4.74 Å². The molecule has 1 aliphatic heterocycles. The molecule has 6 nitrogen and oxygen atoms in total. The first-order chi connectivity index (χ1) is 13.8. The molecule has 1 fully saturated rings. The van der Waals surface area contributed by atoms with Gasteiger partial charge in [-0.05, 0) is 39.2 Å². The molecule has 1 N–H and O–H groups in total. The third kappa shape index (κ3) is 6.00. The van der Waals surface area contributed by atoms with Gasteiger partial charge in [-0.15, -0.1) is 11.3 Å². The third-order valence-corrected chi connectivity index (χ3v) is 6.20. The molecule has 2 aromatic rings. The molecule has 0 aromatic carbocycles. The lowest BCUT2D eigenvalue weighted by Crippen LogP contribution is -2.41. The van der Waals surface area contributed by atoms with Gasteiger partial charge in [0.1, 0.15) is 5.75 Å². The summed E-state index contributed by atoms with van der Waals surface area (Å²) in [5, 5.41) is 3.48. The summed E-state index contributed by atoms with van der Waals surface area (Å²) in [5.41, 5.74) is 1.98. The number of aryl methyl sites for hydroxylation is 2. The number of carbonyl (C=O) groups is 1. The number of likely N-dealkylation sites (tertiary alicyclic amines) is 1. The van der Waals surface area contributed by atoms with E-state index < -0.39 is 0 Å². The van der Waals surface area contributed by atoms with E-state index in [2.05, 4.69) is 34.0 Å². The smallest absolute Gasteiger partial charge is 0.223 e. The van der Waals surface area contributed by atoms with Crippen LogP contribution in [0.2, 0.25) is 0 Å². The summed E-state index contributed by atoms with van der Waals surface area (Å²) >= 11 is 1.58. The molecular weight excluding hydrogens is 384 g/mol. The van der Waals surface area contributed by atoms with E-state index in [9.17, 15) is 4.79 Å². The van der Waals surface area contributed by atoms with Gasteiger partial charge in [-0.3, -0.25) is 14.7 Å². The number of carbonyl (C=O) groups excluding carboxylic acids is 1. The zero-order valence-corrected chi connectivity index (χ0v) is 18.9. The number of thiazole rings is 1. The van der Waals surface area contributed by atoms with E-state index in [0.29, 0.717) is 23.0 Å². The van der Waals surface area contributed by atoms with Crippen LogP contribution in [0.25, 0.3) is 0 Å². The van der Waals surface area contributed by atoms with Crippen molar-refractivity contribution >= 4 is 22.4 Å². The third-order valence-electron chi connectivity index (χ3n) is 5.21. The zero-order chi connectivity index (χ0) is 21.0. The fourth-order valence-electron chi connectivity index (χ4n) is 4.14. The average molecular weight is 417 g/mol. The standard InChI is InChI=1S/C22H32N4O2S/c1-14(2)21(20-11-23-22(29-20)25-17(5)27)26-8-6-7-18(12-26)13-28-19-9-15(3)24-16(4)10-19/h9-11,14,18,21H,6-8,12-13H2,1-5H3,(H,23,25,27). The number of amides is 1. The topological polar surface area (TPSA) is 67.4 Å². The molecule has 0 spiro atoms. The number of aromatic nitrogens is 2. The van der Waals surface area contributed by atoms with E-state index in [0.717, 1.165) is 36.8 Å². The number of rotatable bonds is 7. The number of ether oxygens (including phenoxy) is 1. The fraction of sp³-hybridized carbons (Fsp3) is 0.591. The molecule has 0 saturated carbocycles. The first-order valence-electron chi connectivity index (χ1n) is 10.4. The molecule has 1 saturated heterocycles. The van der Waals surface area contributed by atoms with Crippen molar-refractivity contribution in [2.45, 2.75) is 53.5 Å². The average Bonchev–Trinajstić information content (AvgIpc) is 3.06. The van der Waals surface area contributed by atoms with Crippen LogP contribution < -0.4 is 10.1 Å². The molecule has 7 heteroatoms. The van der Waals surface area contributed by atoms with Gasteiger partial charge in [0.25, 0.3) is 0 Å². The Morgan fingerprint density at radius 2 is 2.07 bits per heavy atom. The van der Waals surface area contributed by atoms with E-state index in [1.165, 1.54) is 24.6 Å². The molecule has 2 unspecified atom stereocenters. The van der Waals surface area contributed by atoms with Crippen LogP contribution in [0.5, 0.6) is 5.75 Å². The van der Waals surface area contributed by atoms with Gasteiger partial charge in [0.2, 0.25) is 5.91 Å². The predicted octanol–water partition coefficient (Wildman–Crippen LogP) is 4.60. The molecule has 1 amide bonds. The highest BCUT2D eigenvalue weighted by Crippen LogP contribution is 2.36. The summed E-state index contributed by atoms with van der Waals surface area (Å²) in [7, 11) is 0. The maximum Gasteiger partial charge on any atom is 0.223 e. The summed E-state index contributed by atoms with van der Waals surface area (Å²) in [5.74, 6) is 1.80. The summed E-state index contributed by atoms with van der Waals surface area (Å²) < 4.78 is 6.13. The van der Waals surface area contributed by atoms with Crippen molar-refractivity contribution in [2.75, 3.05) is 25.0 Å². The highest BCUT2D eigenvalue weighted by Gasteiger charge is 2.30. The van der Waals surface area contributed by atoms with Crippen LogP contribution in [0, 0.1) is 25.7 Å². The molecule has 0 aliphatic carbocycles. The van der Waals surface area contributed by atoms with Gasteiger partial charge >= 0.3 is 0 Å². The highest BCUT2D eigenvalue weighted by molar-refractivity contribution is 7.15. The van der Waals surface area contributed by atoms with E-state index in [-0.39, 0.29) is 5.91 Å². The SMILES string of the molecule is CC(=O)Nc1ncc(C(C(C)C)N2CCCC(COc3cc(C)nc(C)c3)C2)s1. The summed E-state index contributed by atoms with van der Waals surface area (Å²) in [6.07, 6.45) is 4.27. The summed E-state index contributed by atoms with van der Waals surface area (Å²) in [4.78, 5) is 23.9. The van der Waals surface area contributed by atoms with Gasteiger partial charge in [0.15, 0.2) is 5.13 Å². The fourth-order valence-corrected chi connectivity index (χ4v) is 5.31. The van der Waals surface area contributed by atoms with Crippen LogP contribution in [0.4, 0.5) is 5.13 Å². The highest BCUT2D eigenvalue weighted by atomic mass is 32.1. The van der Waals surface area contributed by atoms with Gasteiger partial charge in [0, 0.05) is 60.0 Å². The predicted molar refractivity (Wildman–Crippen MR) is 117 cm³/mol. The van der Waals surface area contributed by atoms with Crippen molar-refractivity contribution in [2.24, 2.45) is 11.8 Å². The van der Waals surface area contributed by atoms with Gasteiger partial charge in [0.05, 0.1) is 6.61 Å². The second-order valence-electron chi connectivity index (χ2n) is 8.34. The zero-order valence-electron chi connectivity index (χ0n) is 18.1. The number of hydrogen-bond donors (Lipinski definition) is 1. The minimum atomic E-state index is -0.0798. The van der Waals surface area contributed by atoms with Crippen molar-refractivity contribution in [1.82, 2.24) is 14.9 Å². The van der Waals surface area contributed by atoms with Crippen LogP contribution in [0.3, 0.4) is 0 Å². The van der Waals surface area contributed by atoms with E-state index in [1.54, 1.807) is 11.3 Å². The second kappa shape index (κ2) is 9.67. The number of piperidine rings is 1. The minimum absolute atomic E-state index is 0.0798. The molecular formula is C22H32N4O2S.